The van der Waals surface area contributed by atoms with Gasteiger partial charge in [0.2, 0.25) is 0 Å². The Morgan fingerprint density at radius 2 is 1.70 bits per heavy atom. The zero-order valence-corrected chi connectivity index (χ0v) is 19.0. The molecule has 1 atom stereocenters. The molecule has 0 spiro atoms. The first-order chi connectivity index (χ1) is 8.72. The third-order valence-corrected chi connectivity index (χ3v) is 2.61. The topological polar surface area (TPSA) is 55.1 Å². The predicted octanol–water partition coefficient (Wildman–Crippen LogP) is 1.37. The van der Waals surface area contributed by atoms with Crippen LogP contribution < -0.4 is 11.1 Å². The Labute approximate surface area is 153 Å². The number of carbonyl (C=O) groups is 1. The molecular weight excluding hydrogens is 589 g/mol. The van der Waals surface area contributed by atoms with Gasteiger partial charge >= 0.3 is 64.3 Å². The van der Waals surface area contributed by atoms with E-state index in [4.69, 9.17) is 21.4 Å². The van der Waals surface area contributed by atoms with Crippen molar-refractivity contribution in [1.29, 1.82) is 0 Å². The van der Waals surface area contributed by atoms with Gasteiger partial charge in [-0.15, -0.1) is 0 Å². The summed E-state index contributed by atoms with van der Waals surface area (Å²) in [5.74, 6) is 0.472. The molecule has 0 unspecified atom stereocenters. The zero-order valence-electron chi connectivity index (χ0n) is 13.2. The summed E-state index contributed by atoms with van der Waals surface area (Å²) in [6.07, 6.45) is 3.21. The Bertz CT molecular complexity index is 230. The van der Waals surface area contributed by atoms with Crippen molar-refractivity contribution in [1.82, 2.24) is 5.32 Å². The molecule has 0 rings (SSSR count). The fourth-order valence-electron chi connectivity index (χ4n) is 0.350. The average Bonchev–Trinajstić information content (AvgIpc) is 2.37. The molecule has 7 heteroatoms. The molecule has 3 N–H and O–H groups in total. The van der Waals surface area contributed by atoms with E-state index in [0.717, 1.165) is 4.02 Å². The molecule has 20 heavy (non-hydrogen) atoms. The molecule has 3 nitrogen and oxygen atoms in total. The van der Waals surface area contributed by atoms with Crippen LogP contribution in [0.5, 0.6) is 0 Å². The van der Waals surface area contributed by atoms with Crippen LogP contribution in [0.25, 0.3) is 0 Å². The number of nitrogens with two attached hydrogens (primary N) is 1. The number of nitrogens with one attached hydrogen (secondary N) is 1. The van der Waals surface area contributed by atoms with Crippen molar-refractivity contribution in [3.05, 3.63) is 13.0 Å². The smallest absolute Gasteiger partial charge is 2.00 e. The van der Waals surface area contributed by atoms with Crippen LogP contribution in [-0.4, -0.2) is 31.5 Å². The van der Waals surface area contributed by atoms with Gasteiger partial charge in [0.05, 0.1) is 0 Å². The number of hydrogen-bond acceptors (Lipinski definition) is 3. The Morgan fingerprint density at radius 1 is 1.35 bits per heavy atom. The Balaban J connectivity index is -0.0000000966. The first-order valence-corrected chi connectivity index (χ1v) is 7.75. The van der Waals surface area contributed by atoms with E-state index in [1.807, 2.05) is 27.3 Å². The second kappa shape index (κ2) is 22.3. The van der Waals surface area contributed by atoms with Crippen molar-refractivity contribution in [3.63, 3.8) is 0 Å². The first kappa shape index (κ1) is 29.0. The van der Waals surface area contributed by atoms with Gasteiger partial charge in [-0.3, -0.25) is 11.3 Å². The monoisotopic (exact) mass is 616 g/mol. The third kappa shape index (κ3) is 36.4. The average molecular weight is 616 g/mol. The molecule has 0 fully saturated rings. The van der Waals surface area contributed by atoms with Crippen molar-refractivity contribution in [2.45, 2.75) is 53.3 Å². The molecule has 0 aliphatic carbocycles. The molecule has 0 aromatic heterocycles. The van der Waals surface area contributed by atoms with Crippen molar-refractivity contribution >= 4 is 25.5 Å². The maximum absolute atomic E-state index is 10.1. The van der Waals surface area contributed by atoms with Gasteiger partial charge in [0.15, 0.2) is 0 Å². The normalized spacial score (nSPS) is 10.2. The SMILES string of the molecule is CC(=O)C(C)C.[B]C[CH-]N[C@H](C)[CH-]C.[B]C[C](N)=[W].[W+2]. The molecule has 0 amide bonds. The number of hydrogen-bond donors (Lipinski definition) is 2. The summed E-state index contributed by atoms with van der Waals surface area (Å²) in [4.78, 5) is 10.1. The Kier molecular flexibility index (Phi) is 32.3. The van der Waals surface area contributed by atoms with Gasteiger partial charge in [-0.1, -0.05) is 20.8 Å². The van der Waals surface area contributed by atoms with Crippen molar-refractivity contribution < 1.29 is 45.2 Å². The van der Waals surface area contributed by atoms with Gasteiger partial charge < -0.3 is 11.7 Å². The summed E-state index contributed by atoms with van der Waals surface area (Å²) in [6.45, 7) is 11.3. The van der Waals surface area contributed by atoms with Crippen LogP contribution in [0.2, 0.25) is 12.6 Å². The fraction of sp³-hybridized carbons (Fsp3) is 0.692. The van der Waals surface area contributed by atoms with E-state index >= 15 is 0 Å². The summed E-state index contributed by atoms with van der Waals surface area (Å²) >= 11 is 1.28. The molecule has 0 saturated heterocycles. The van der Waals surface area contributed by atoms with Crippen molar-refractivity contribution in [2.24, 2.45) is 11.7 Å². The second-order valence-electron chi connectivity index (χ2n) is 4.16. The van der Waals surface area contributed by atoms with Gasteiger partial charge in [0.25, 0.3) is 0 Å². The standard InChI is InChI=1S/C6H12BN.C5H10O.C2H4BN.2W/c1-3-6(2)8-5-4-7;1-4(2)5(3)6;3-1-2-4;;/h3,5-6,8H,4H2,1-2H3;4H,1-3H3;1,4H2;;/q-2;;;;+2/t6-;;;;/m1..../s1. The maximum Gasteiger partial charge on any atom is 2.00 e. The van der Waals surface area contributed by atoms with Crippen LogP contribution in [0.4, 0.5) is 0 Å². The van der Waals surface area contributed by atoms with E-state index in [9.17, 15) is 4.79 Å². The van der Waals surface area contributed by atoms with E-state index in [-0.39, 0.29) is 32.8 Å². The summed E-state index contributed by atoms with van der Waals surface area (Å²) in [6, 6.07) is 0.443. The fourth-order valence-corrected chi connectivity index (χ4v) is 0.350. The minimum absolute atomic E-state index is 0. The molecule has 0 aromatic rings. The molecule has 112 valence electrons. The van der Waals surface area contributed by atoms with Crippen molar-refractivity contribution in [2.75, 3.05) is 0 Å². The maximum atomic E-state index is 10.1. The van der Waals surface area contributed by atoms with Gasteiger partial charge in [-0.05, 0) is 6.92 Å². The van der Waals surface area contributed by atoms with Gasteiger partial charge in [-0.2, -0.15) is 13.0 Å². The summed E-state index contributed by atoms with van der Waals surface area (Å²) in [5, 5.41) is 3.08. The zero-order chi connectivity index (χ0) is 15.8. The van der Waals surface area contributed by atoms with Crippen LogP contribution in [0.3, 0.4) is 0 Å². The Morgan fingerprint density at radius 3 is 1.85 bits per heavy atom. The van der Waals surface area contributed by atoms with Gasteiger partial charge in [0.1, 0.15) is 5.78 Å². The summed E-state index contributed by atoms with van der Waals surface area (Å²) < 4.78 is 0.866. The summed E-state index contributed by atoms with van der Waals surface area (Å²) in [5.41, 5.74) is 5.12. The molecule has 4 radical (unpaired) electrons. The van der Waals surface area contributed by atoms with Crippen LogP contribution >= 0.6 is 0 Å². The largest absolute Gasteiger partial charge is 2.00 e. The van der Waals surface area contributed by atoms with Crippen LogP contribution in [-0.2, 0) is 45.2 Å². The first-order valence-electron chi connectivity index (χ1n) is 6.28. The van der Waals surface area contributed by atoms with E-state index in [2.05, 4.69) is 18.7 Å². The van der Waals surface area contributed by atoms with Gasteiger partial charge in [0, 0.05) is 13.8 Å². The summed E-state index contributed by atoms with van der Waals surface area (Å²) in [7, 11) is 10.2. The number of ketones is 1. The molecular formula is C13H26B2N2OW2. The molecule has 0 aliphatic heterocycles. The van der Waals surface area contributed by atoms with Crippen LogP contribution in [0, 0.1) is 18.9 Å². The Hall–Kier alpha value is 0.966. The molecule has 0 saturated carbocycles. The van der Waals surface area contributed by atoms with Gasteiger partial charge in [-0.25, -0.2) is 6.32 Å². The third-order valence-electron chi connectivity index (χ3n) is 2.01. The molecule has 0 bridgehead atoms. The van der Waals surface area contributed by atoms with E-state index < -0.39 is 0 Å². The van der Waals surface area contributed by atoms with Crippen LogP contribution in [0.1, 0.15) is 34.6 Å². The number of carbonyl (C=O) groups excluding carboxylic acids is 1. The van der Waals surface area contributed by atoms with Crippen molar-refractivity contribution in [3.8, 4) is 0 Å². The predicted molar refractivity (Wildman–Crippen MR) is 82.7 cm³/mol. The van der Waals surface area contributed by atoms with E-state index in [1.54, 1.807) is 6.92 Å². The minimum atomic E-state index is 0. The second-order valence-corrected chi connectivity index (χ2v) is 6.05. The van der Waals surface area contributed by atoms with Crippen LogP contribution in [0.15, 0.2) is 0 Å². The molecule has 0 aromatic carbocycles. The number of rotatable bonds is 6. The van der Waals surface area contributed by atoms with E-state index in [0.29, 0.717) is 18.7 Å². The number of Topliss-reactive ketones (excluding diaryl/α,β-unsaturated/α-hetero) is 1. The quantitative estimate of drug-likeness (QED) is 0.351. The minimum Gasteiger partial charge on any atom is 2.00 e. The van der Waals surface area contributed by atoms with E-state index in [1.165, 1.54) is 19.4 Å². The molecule has 0 heterocycles. The molecule has 0 aliphatic rings.